The molecule has 5 nitrogen and oxygen atoms in total. The van der Waals surface area contributed by atoms with Crippen LogP contribution in [-0.4, -0.2) is 49.3 Å². The number of anilines is 1. The SMILES string of the molecule is CCC(CC)(CN)C(=O)N1CCN(c2ccc(C(C)=O)cc2F)CC1. The third-order valence-corrected chi connectivity index (χ3v) is 5.46. The number of amides is 1. The fraction of sp³-hybridized carbons (Fsp3) is 0.579. The third-order valence-electron chi connectivity index (χ3n) is 5.46. The second-order valence-electron chi connectivity index (χ2n) is 6.69. The number of nitrogens with two attached hydrogens (primary N) is 1. The van der Waals surface area contributed by atoms with Gasteiger partial charge in [-0.25, -0.2) is 4.39 Å². The first kappa shape index (κ1) is 19.4. The molecule has 138 valence electrons. The molecule has 2 N–H and O–H groups in total. The molecule has 25 heavy (non-hydrogen) atoms. The van der Waals surface area contributed by atoms with E-state index >= 15 is 0 Å². The van der Waals surface area contributed by atoms with Crippen LogP contribution in [0.3, 0.4) is 0 Å². The lowest BCUT2D eigenvalue weighted by Gasteiger charge is -2.41. The first-order valence-corrected chi connectivity index (χ1v) is 8.93. The van der Waals surface area contributed by atoms with Crippen LogP contribution in [0.5, 0.6) is 0 Å². The Bertz CT molecular complexity index is 627. The Morgan fingerprint density at radius 3 is 2.20 bits per heavy atom. The summed E-state index contributed by atoms with van der Waals surface area (Å²) in [6.07, 6.45) is 1.44. The standard InChI is InChI=1S/C19H28FN3O2/c1-4-19(5-2,13-21)18(25)23-10-8-22(9-11-23)17-7-6-15(14(3)24)12-16(17)20/h6-7,12H,4-5,8-11,13,21H2,1-3H3. The van der Waals surface area contributed by atoms with Crippen molar-refractivity contribution in [2.24, 2.45) is 11.1 Å². The summed E-state index contributed by atoms with van der Waals surface area (Å²) in [7, 11) is 0. The van der Waals surface area contributed by atoms with Gasteiger partial charge < -0.3 is 15.5 Å². The number of ketones is 1. The zero-order valence-electron chi connectivity index (χ0n) is 15.3. The molecule has 0 bridgehead atoms. The van der Waals surface area contributed by atoms with Crippen LogP contribution in [0.4, 0.5) is 10.1 Å². The Labute approximate surface area is 149 Å². The summed E-state index contributed by atoms with van der Waals surface area (Å²) in [5, 5.41) is 0. The van der Waals surface area contributed by atoms with Crippen molar-refractivity contribution in [2.75, 3.05) is 37.6 Å². The maximum atomic E-state index is 14.3. The third kappa shape index (κ3) is 3.84. The first-order chi connectivity index (χ1) is 11.9. The molecule has 6 heteroatoms. The Morgan fingerprint density at radius 1 is 1.16 bits per heavy atom. The molecular weight excluding hydrogens is 321 g/mol. The van der Waals surface area contributed by atoms with Crippen LogP contribution in [0, 0.1) is 11.2 Å². The summed E-state index contributed by atoms with van der Waals surface area (Å²) in [4.78, 5) is 28.0. The fourth-order valence-electron chi connectivity index (χ4n) is 3.40. The van der Waals surface area contributed by atoms with Gasteiger partial charge in [-0.15, -0.1) is 0 Å². The second-order valence-corrected chi connectivity index (χ2v) is 6.69. The number of rotatable bonds is 6. The molecular formula is C19H28FN3O2. The predicted molar refractivity (Wildman–Crippen MR) is 97.3 cm³/mol. The minimum absolute atomic E-state index is 0.104. The molecule has 1 saturated heterocycles. The quantitative estimate of drug-likeness (QED) is 0.801. The van der Waals surface area contributed by atoms with Crippen molar-refractivity contribution in [3.05, 3.63) is 29.6 Å². The lowest BCUT2D eigenvalue weighted by atomic mass is 9.81. The normalized spacial score (nSPS) is 15.4. The number of nitrogens with zero attached hydrogens (tertiary/aromatic N) is 2. The van der Waals surface area contributed by atoms with E-state index in [1.54, 1.807) is 12.1 Å². The molecule has 0 saturated carbocycles. The van der Waals surface area contributed by atoms with Crippen LogP contribution in [0.15, 0.2) is 18.2 Å². The molecule has 1 aromatic rings. The van der Waals surface area contributed by atoms with Gasteiger partial charge in [-0.2, -0.15) is 0 Å². The molecule has 1 aromatic carbocycles. The molecule has 1 fully saturated rings. The van der Waals surface area contributed by atoms with E-state index in [0.29, 0.717) is 44.0 Å². The molecule has 0 radical (unpaired) electrons. The van der Waals surface area contributed by atoms with Gasteiger partial charge in [-0.1, -0.05) is 13.8 Å². The molecule has 0 atom stereocenters. The lowest BCUT2D eigenvalue weighted by Crippen LogP contribution is -2.55. The molecule has 1 aliphatic rings. The highest BCUT2D eigenvalue weighted by Crippen LogP contribution is 2.29. The average molecular weight is 349 g/mol. The summed E-state index contributed by atoms with van der Waals surface area (Å²) >= 11 is 0. The van der Waals surface area contributed by atoms with Crippen molar-refractivity contribution in [2.45, 2.75) is 33.6 Å². The maximum Gasteiger partial charge on any atom is 0.230 e. The van der Waals surface area contributed by atoms with Gasteiger partial charge in [-0.05, 0) is 38.0 Å². The van der Waals surface area contributed by atoms with Crippen LogP contribution in [-0.2, 0) is 4.79 Å². The molecule has 0 spiro atoms. The van der Waals surface area contributed by atoms with E-state index in [-0.39, 0.29) is 11.7 Å². The predicted octanol–water partition coefficient (Wildman–Crippen LogP) is 2.44. The summed E-state index contributed by atoms with van der Waals surface area (Å²) in [5.74, 6) is -0.448. The second kappa shape index (κ2) is 7.95. The monoisotopic (exact) mass is 349 g/mol. The zero-order chi connectivity index (χ0) is 18.6. The molecule has 1 aliphatic heterocycles. The molecule has 0 aromatic heterocycles. The van der Waals surface area contributed by atoms with Gasteiger partial charge >= 0.3 is 0 Å². The van der Waals surface area contributed by atoms with Gasteiger partial charge in [0.05, 0.1) is 11.1 Å². The van der Waals surface area contributed by atoms with Crippen LogP contribution < -0.4 is 10.6 Å². The van der Waals surface area contributed by atoms with Crippen molar-refractivity contribution < 1.29 is 14.0 Å². The smallest absolute Gasteiger partial charge is 0.230 e. The average Bonchev–Trinajstić information content (AvgIpc) is 2.63. The number of halogens is 1. The highest BCUT2D eigenvalue weighted by Gasteiger charge is 2.38. The largest absolute Gasteiger partial charge is 0.366 e. The number of carbonyl (C=O) groups is 2. The van der Waals surface area contributed by atoms with Crippen molar-refractivity contribution in [3.63, 3.8) is 0 Å². The van der Waals surface area contributed by atoms with E-state index in [0.717, 1.165) is 12.8 Å². The van der Waals surface area contributed by atoms with Crippen molar-refractivity contribution in [1.82, 2.24) is 4.90 Å². The highest BCUT2D eigenvalue weighted by atomic mass is 19.1. The molecule has 2 rings (SSSR count). The Balaban J connectivity index is 2.07. The van der Waals surface area contributed by atoms with Gasteiger partial charge in [0.2, 0.25) is 5.91 Å². The van der Waals surface area contributed by atoms with E-state index in [2.05, 4.69) is 0 Å². The van der Waals surface area contributed by atoms with Crippen LogP contribution in [0.2, 0.25) is 0 Å². The van der Waals surface area contributed by atoms with Crippen LogP contribution in [0.1, 0.15) is 44.0 Å². The maximum absolute atomic E-state index is 14.3. The lowest BCUT2D eigenvalue weighted by molar-refractivity contribution is -0.142. The number of Topliss-reactive ketones (excluding diaryl/α,β-unsaturated/α-hetero) is 1. The summed E-state index contributed by atoms with van der Waals surface area (Å²) < 4.78 is 14.3. The molecule has 0 unspecified atom stereocenters. The van der Waals surface area contributed by atoms with Crippen molar-refractivity contribution >= 4 is 17.4 Å². The minimum Gasteiger partial charge on any atom is -0.366 e. The Hall–Kier alpha value is -1.95. The van der Waals surface area contributed by atoms with E-state index in [1.807, 2.05) is 23.6 Å². The van der Waals surface area contributed by atoms with Gasteiger partial charge in [0.1, 0.15) is 5.82 Å². The summed E-state index contributed by atoms with van der Waals surface area (Å²) in [6, 6.07) is 4.57. The van der Waals surface area contributed by atoms with Crippen molar-refractivity contribution in [3.8, 4) is 0 Å². The molecule has 1 amide bonds. The topological polar surface area (TPSA) is 66.6 Å². The minimum atomic E-state index is -0.490. The Morgan fingerprint density at radius 2 is 1.76 bits per heavy atom. The van der Waals surface area contributed by atoms with Gasteiger partial charge in [0.15, 0.2) is 5.78 Å². The molecule has 1 heterocycles. The first-order valence-electron chi connectivity index (χ1n) is 8.93. The van der Waals surface area contributed by atoms with E-state index in [4.69, 9.17) is 5.73 Å². The van der Waals surface area contributed by atoms with Gasteiger partial charge in [-0.3, -0.25) is 9.59 Å². The van der Waals surface area contributed by atoms with Crippen molar-refractivity contribution in [1.29, 1.82) is 0 Å². The number of benzene rings is 1. The summed E-state index contributed by atoms with van der Waals surface area (Å²) in [5.41, 5.74) is 6.24. The number of hydrogen-bond donors (Lipinski definition) is 1. The summed E-state index contributed by atoms with van der Waals surface area (Å²) in [6.45, 7) is 7.99. The van der Waals surface area contributed by atoms with E-state index < -0.39 is 11.2 Å². The molecule has 0 aliphatic carbocycles. The van der Waals surface area contributed by atoms with E-state index in [1.165, 1.54) is 13.0 Å². The Kier molecular flexibility index (Phi) is 6.16. The van der Waals surface area contributed by atoms with Gasteiger partial charge in [0, 0.05) is 38.3 Å². The number of piperazine rings is 1. The van der Waals surface area contributed by atoms with Crippen LogP contribution in [0.25, 0.3) is 0 Å². The highest BCUT2D eigenvalue weighted by molar-refractivity contribution is 5.94. The van der Waals surface area contributed by atoms with Crippen LogP contribution >= 0.6 is 0 Å². The number of carbonyl (C=O) groups excluding carboxylic acids is 2. The van der Waals surface area contributed by atoms with Gasteiger partial charge in [0.25, 0.3) is 0 Å². The zero-order valence-corrected chi connectivity index (χ0v) is 15.3. The fourth-order valence-corrected chi connectivity index (χ4v) is 3.40. The number of hydrogen-bond acceptors (Lipinski definition) is 4. The van der Waals surface area contributed by atoms with E-state index in [9.17, 15) is 14.0 Å².